The van der Waals surface area contributed by atoms with Gasteiger partial charge in [-0.15, -0.1) is 0 Å². The van der Waals surface area contributed by atoms with Gasteiger partial charge < -0.3 is 37.9 Å². The zero-order valence-electron chi connectivity index (χ0n) is 26.6. The monoisotopic (exact) mass is 699 g/mol. The molecular weight excluding hydrogens is 664 g/mol. The lowest BCUT2D eigenvalue weighted by Gasteiger charge is -2.16. The average molecular weight is 700 g/mol. The van der Waals surface area contributed by atoms with Gasteiger partial charge >= 0.3 is 12.4 Å². The summed E-state index contributed by atoms with van der Waals surface area (Å²) in [6, 6.07) is 10.9. The number of guanidine groups is 3. The van der Waals surface area contributed by atoms with Crippen molar-refractivity contribution in [3.63, 3.8) is 0 Å². The van der Waals surface area contributed by atoms with E-state index in [2.05, 4.69) is 39.6 Å². The van der Waals surface area contributed by atoms with Gasteiger partial charge in [-0.2, -0.15) is 26.3 Å². The number of benzene rings is 3. The predicted molar refractivity (Wildman–Crippen MR) is 180 cm³/mol. The van der Waals surface area contributed by atoms with Crippen molar-refractivity contribution in [2.24, 2.45) is 17.2 Å². The summed E-state index contributed by atoms with van der Waals surface area (Å²) in [6.07, 6.45) is -8.73. The van der Waals surface area contributed by atoms with Crippen LogP contribution < -0.4 is 37.9 Å². The first-order valence-electron chi connectivity index (χ1n) is 15.0. The molecule has 0 saturated heterocycles. The first kappa shape index (κ1) is 38.4. The van der Waals surface area contributed by atoms with E-state index in [1.807, 2.05) is 0 Å². The Morgan fingerprint density at radius 2 is 0.980 bits per heavy atom. The highest BCUT2D eigenvalue weighted by molar-refractivity contribution is 5.78. The molecular formula is C34H35F6N9O. The van der Waals surface area contributed by atoms with Crippen LogP contribution in [0.4, 0.5) is 26.3 Å². The molecule has 50 heavy (non-hydrogen) atoms. The van der Waals surface area contributed by atoms with Gasteiger partial charge in [-0.25, -0.2) is 0 Å². The summed E-state index contributed by atoms with van der Waals surface area (Å²) in [5, 5.41) is 29.4. The number of alkyl halides is 6. The SMILES string of the molecule is N=C(N)NCCC#Cc1cc(-c2cc(OCCCNC(=N)N)cc(-c3cc(C#CCCNC(=N)N)cc(C(F)(F)F)c3)c2)cc(C(F)(F)F)c1. The van der Waals surface area contributed by atoms with Crippen LogP contribution >= 0.6 is 0 Å². The van der Waals surface area contributed by atoms with Gasteiger partial charge in [0.1, 0.15) is 5.75 Å². The Bertz CT molecular complexity index is 1720. The van der Waals surface area contributed by atoms with E-state index < -0.39 is 23.5 Å². The number of nitrogens with two attached hydrogens (primary N) is 3. The molecule has 0 spiro atoms. The van der Waals surface area contributed by atoms with Crippen molar-refractivity contribution < 1.29 is 31.1 Å². The van der Waals surface area contributed by atoms with Crippen LogP contribution in [0.25, 0.3) is 22.3 Å². The Labute approximate surface area is 284 Å². The van der Waals surface area contributed by atoms with E-state index in [9.17, 15) is 26.3 Å². The van der Waals surface area contributed by atoms with Gasteiger partial charge in [0.25, 0.3) is 0 Å². The molecule has 264 valence electrons. The van der Waals surface area contributed by atoms with Crippen molar-refractivity contribution in [2.45, 2.75) is 31.6 Å². The summed E-state index contributed by atoms with van der Waals surface area (Å²) >= 11 is 0. The lowest BCUT2D eigenvalue weighted by molar-refractivity contribution is -0.138. The maximum atomic E-state index is 14.0. The van der Waals surface area contributed by atoms with Crippen molar-refractivity contribution in [1.29, 1.82) is 16.2 Å². The van der Waals surface area contributed by atoms with Crippen molar-refractivity contribution in [1.82, 2.24) is 16.0 Å². The molecule has 0 aliphatic heterocycles. The fourth-order valence-corrected chi connectivity index (χ4v) is 4.41. The fourth-order valence-electron chi connectivity index (χ4n) is 4.41. The van der Waals surface area contributed by atoms with Gasteiger partial charge in [0.2, 0.25) is 0 Å². The molecule has 0 bridgehead atoms. The van der Waals surface area contributed by atoms with E-state index in [1.54, 1.807) is 0 Å². The molecule has 0 unspecified atom stereocenters. The van der Waals surface area contributed by atoms with Gasteiger partial charge in [0.05, 0.1) is 17.7 Å². The van der Waals surface area contributed by atoms with E-state index in [4.69, 9.17) is 38.2 Å². The van der Waals surface area contributed by atoms with Crippen molar-refractivity contribution in [3.05, 3.63) is 76.9 Å². The quantitative estimate of drug-likeness (QED) is 0.0453. The van der Waals surface area contributed by atoms with Crippen molar-refractivity contribution in [3.8, 4) is 51.7 Å². The van der Waals surface area contributed by atoms with Gasteiger partial charge in [-0.1, -0.05) is 23.7 Å². The van der Waals surface area contributed by atoms with Crippen LogP contribution in [0.3, 0.4) is 0 Å². The summed E-state index contributed by atoms with van der Waals surface area (Å²) < 4.78 is 90.0. The standard InChI is InChI=1S/C34H35F6N9O/c35-33(36,37)27-14-21(6-1-3-8-47-30(41)42)12-23(17-27)25-16-26(20-29(19-25)50-11-5-10-49-32(45)46)24-13-22(7-2-4-9-48-31(43)44)15-28(18-24)34(38,39)40/h12-20H,3-5,8-11H2,(H4,41,42,47)(H4,43,44,48)(H4,45,46,49). The van der Waals surface area contributed by atoms with Gasteiger partial charge in [-0.3, -0.25) is 16.2 Å². The molecule has 0 radical (unpaired) electrons. The van der Waals surface area contributed by atoms with Crippen LogP contribution in [0.1, 0.15) is 41.5 Å². The minimum absolute atomic E-state index is 0.0386. The molecule has 0 atom stereocenters. The molecule has 0 amide bonds. The van der Waals surface area contributed by atoms with Gasteiger partial charge in [0, 0.05) is 43.6 Å². The summed E-state index contributed by atoms with van der Waals surface area (Å²) in [5.74, 6) is 10.2. The summed E-state index contributed by atoms with van der Waals surface area (Å²) in [7, 11) is 0. The molecule has 16 heteroatoms. The van der Waals surface area contributed by atoms with Gasteiger partial charge in [0.15, 0.2) is 17.9 Å². The second-order valence-corrected chi connectivity index (χ2v) is 10.7. The normalized spacial score (nSPS) is 10.9. The van der Waals surface area contributed by atoms with Crippen LogP contribution in [-0.4, -0.2) is 44.1 Å². The molecule has 0 aliphatic carbocycles. The lowest BCUT2D eigenvalue weighted by Crippen LogP contribution is -2.31. The Hall–Kier alpha value is -6.03. The molecule has 0 aliphatic rings. The third-order valence-corrected chi connectivity index (χ3v) is 6.60. The summed E-state index contributed by atoms with van der Waals surface area (Å²) in [5.41, 5.74) is 14.5. The zero-order valence-corrected chi connectivity index (χ0v) is 26.6. The molecule has 0 aromatic heterocycles. The van der Waals surface area contributed by atoms with Crippen LogP contribution in [0.5, 0.6) is 5.75 Å². The number of hydrogen-bond donors (Lipinski definition) is 9. The largest absolute Gasteiger partial charge is 0.493 e. The van der Waals surface area contributed by atoms with E-state index in [0.717, 1.165) is 24.3 Å². The minimum atomic E-state index is -4.74. The topological polar surface area (TPSA) is 195 Å². The number of hydrogen-bond acceptors (Lipinski definition) is 4. The lowest BCUT2D eigenvalue weighted by atomic mass is 9.94. The number of halogens is 6. The summed E-state index contributed by atoms with van der Waals surface area (Å²) in [4.78, 5) is 0. The Morgan fingerprint density at radius 1 is 0.580 bits per heavy atom. The molecule has 0 fully saturated rings. The van der Waals surface area contributed by atoms with E-state index in [-0.39, 0.29) is 96.1 Å². The Kier molecular flexibility index (Phi) is 13.4. The molecule has 10 nitrogen and oxygen atoms in total. The van der Waals surface area contributed by atoms with E-state index in [0.29, 0.717) is 6.42 Å². The number of nitrogens with one attached hydrogen (secondary N) is 6. The van der Waals surface area contributed by atoms with Crippen molar-refractivity contribution in [2.75, 3.05) is 26.2 Å². The third kappa shape index (κ3) is 12.9. The smallest absolute Gasteiger partial charge is 0.416 e. The Balaban J connectivity index is 2.15. The maximum Gasteiger partial charge on any atom is 0.416 e. The molecule has 3 aromatic rings. The minimum Gasteiger partial charge on any atom is -0.493 e. The molecule has 0 saturated carbocycles. The van der Waals surface area contributed by atoms with E-state index in [1.165, 1.54) is 30.3 Å². The fraction of sp³-hybridized carbons (Fsp3) is 0.265. The van der Waals surface area contributed by atoms with E-state index >= 15 is 0 Å². The van der Waals surface area contributed by atoms with Crippen molar-refractivity contribution >= 4 is 17.9 Å². The highest BCUT2D eigenvalue weighted by atomic mass is 19.4. The molecule has 12 N–H and O–H groups in total. The second-order valence-electron chi connectivity index (χ2n) is 10.7. The molecule has 3 rings (SSSR count). The molecule has 3 aromatic carbocycles. The number of rotatable bonds is 11. The first-order chi connectivity index (χ1) is 23.5. The highest BCUT2D eigenvalue weighted by Gasteiger charge is 2.32. The highest BCUT2D eigenvalue weighted by Crippen LogP contribution is 2.38. The van der Waals surface area contributed by atoms with Gasteiger partial charge in [-0.05, 0) is 83.3 Å². The molecule has 0 heterocycles. The average Bonchev–Trinajstić information content (AvgIpc) is 3.02. The maximum absolute atomic E-state index is 14.0. The van der Waals surface area contributed by atoms with Crippen LogP contribution in [0, 0.1) is 39.9 Å². The number of ether oxygens (including phenoxy) is 1. The predicted octanol–water partition coefficient (Wildman–Crippen LogP) is 4.76. The zero-order chi connectivity index (χ0) is 36.9. The third-order valence-electron chi connectivity index (χ3n) is 6.60. The second kappa shape index (κ2) is 17.4. The van der Waals surface area contributed by atoms with Crippen LogP contribution in [0.15, 0.2) is 54.6 Å². The van der Waals surface area contributed by atoms with Crippen LogP contribution in [-0.2, 0) is 12.4 Å². The Morgan fingerprint density at radius 3 is 1.38 bits per heavy atom. The summed E-state index contributed by atoms with van der Waals surface area (Å²) in [6.45, 7) is 0.788. The van der Waals surface area contributed by atoms with Crippen LogP contribution in [0.2, 0.25) is 0 Å². The first-order valence-corrected chi connectivity index (χ1v) is 15.0.